The van der Waals surface area contributed by atoms with Crippen molar-refractivity contribution in [1.29, 1.82) is 0 Å². The van der Waals surface area contributed by atoms with Crippen LogP contribution < -0.4 is 5.32 Å². The molecule has 0 aromatic heterocycles. The van der Waals surface area contributed by atoms with Gasteiger partial charge in [-0.2, -0.15) is 0 Å². The predicted molar refractivity (Wildman–Crippen MR) is 75.5 cm³/mol. The molecule has 0 radical (unpaired) electrons. The lowest BCUT2D eigenvalue weighted by Crippen LogP contribution is -2.43. The molecule has 1 saturated heterocycles. The Balaban J connectivity index is 1.71. The molecule has 2 rings (SSSR count). The molecule has 5 nitrogen and oxygen atoms in total. The van der Waals surface area contributed by atoms with Crippen LogP contribution in [0.3, 0.4) is 0 Å². The number of carbonyl (C=O) groups excluding carboxylic acids is 2. The van der Waals surface area contributed by atoms with Crippen LogP contribution in [0.25, 0.3) is 0 Å². The molecule has 1 amide bonds. The second-order valence-electron chi connectivity index (χ2n) is 5.07. The van der Waals surface area contributed by atoms with Crippen LogP contribution in [0.15, 0.2) is 30.3 Å². The molecule has 0 atom stereocenters. The number of likely N-dealkylation sites (tertiary alicyclic amines) is 1. The van der Waals surface area contributed by atoms with E-state index in [1.54, 1.807) is 24.3 Å². The number of aliphatic hydroxyl groups excluding tert-OH is 1. The lowest BCUT2D eigenvalue weighted by Gasteiger charge is -2.28. The molecule has 5 heteroatoms. The van der Waals surface area contributed by atoms with Gasteiger partial charge >= 0.3 is 0 Å². The van der Waals surface area contributed by atoms with Gasteiger partial charge in [0.2, 0.25) is 5.91 Å². The van der Waals surface area contributed by atoms with Crippen molar-refractivity contribution in [3.05, 3.63) is 35.9 Å². The molecule has 0 aliphatic carbocycles. The number of ketones is 1. The van der Waals surface area contributed by atoms with E-state index >= 15 is 0 Å². The van der Waals surface area contributed by atoms with Crippen LogP contribution in [0.2, 0.25) is 0 Å². The molecule has 1 fully saturated rings. The lowest BCUT2D eigenvalue weighted by molar-refractivity contribution is -0.122. The van der Waals surface area contributed by atoms with Gasteiger partial charge in [-0.3, -0.25) is 14.5 Å². The number of Topliss-reactive ketones (excluding diaryl/α,β-unsaturated/α-hetero) is 1. The van der Waals surface area contributed by atoms with Crippen molar-refractivity contribution in [3.8, 4) is 0 Å². The molecule has 108 valence electrons. The summed E-state index contributed by atoms with van der Waals surface area (Å²) in [6.45, 7) is 1.76. The van der Waals surface area contributed by atoms with Crippen LogP contribution >= 0.6 is 0 Å². The highest BCUT2D eigenvalue weighted by Gasteiger charge is 2.19. The number of benzene rings is 1. The zero-order valence-corrected chi connectivity index (χ0v) is 11.4. The first-order chi connectivity index (χ1) is 9.65. The van der Waals surface area contributed by atoms with Gasteiger partial charge in [-0.15, -0.1) is 0 Å². The summed E-state index contributed by atoms with van der Waals surface area (Å²) >= 11 is 0. The average molecular weight is 276 g/mol. The zero-order chi connectivity index (χ0) is 14.4. The van der Waals surface area contributed by atoms with Crippen molar-refractivity contribution in [2.24, 2.45) is 0 Å². The number of amides is 1. The van der Waals surface area contributed by atoms with Crippen LogP contribution in [0.5, 0.6) is 0 Å². The van der Waals surface area contributed by atoms with Gasteiger partial charge in [-0.05, 0) is 12.8 Å². The summed E-state index contributed by atoms with van der Waals surface area (Å²) in [6.07, 6.45) is 1.17. The van der Waals surface area contributed by atoms with Gasteiger partial charge in [0.1, 0.15) is 0 Å². The van der Waals surface area contributed by atoms with E-state index in [0.29, 0.717) is 18.4 Å². The summed E-state index contributed by atoms with van der Waals surface area (Å²) in [6, 6.07) is 8.92. The third-order valence-electron chi connectivity index (χ3n) is 3.47. The molecule has 1 aliphatic heterocycles. The molecule has 2 N–H and O–H groups in total. The van der Waals surface area contributed by atoms with E-state index in [4.69, 9.17) is 0 Å². The number of nitrogens with one attached hydrogen (secondary N) is 1. The summed E-state index contributed by atoms with van der Waals surface area (Å²) in [7, 11) is 0. The summed E-state index contributed by atoms with van der Waals surface area (Å²) < 4.78 is 0. The molecule has 0 saturated carbocycles. The highest BCUT2D eigenvalue weighted by atomic mass is 16.3. The van der Waals surface area contributed by atoms with Gasteiger partial charge < -0.3 is 10.4 Å². The Labute approximate surface area is 118 Å². The van der Waals surface area contributed by atoms with Crippen molar-refractivity contribution >= 4 is 11.7 Å². The number of aliphatic hydroxyl groups is 1. The van der Waals surface area contributed by atoms with Crippen LogP contribution in [0, 0.1) is 0 Å². The van der Waals surface area contributed by atoms with E-state index < -0.39 is 0 Å². The Morgan fingerprint density at radius 3 is 2.50 bits per heavy atom. The van der Waals surface area contributed by atoms with Gasteiger partial charge in [0, 0.05) is 18.7 Å². The Morgan fingerprint density at radius 1 is 1.20 bits per heavy atom. The Bertz CT molecular complexity index is 453. The van der Waals surface area contributed by atoms with Crippen molar-refractivity contribution < 1.29 is 14.7 Å². The van der Waals surface area contributed by atoms with E-state index in [1.165, 1.54) is 0 Å². The fourth-order valence-corrected chi connectivity index (χ4v) is 2.24. The van der Waals surface area contributed by atoms with Gasteiger partial charge in [0.05, 0.1) is 19.2 Å². The second-order valence-corrected chi connectivity index (χ2v) is 5.07. The van der Waals surface area contributed by atoms with Gasteiger partial charge in [-0.1, -0.05) is 30.3 Å². The molecule has 0 unspecified atom stereocenters. The summed E-state index contributed by atoms with van der Waals surface area (Å²) in [5, 5.41) is 12.0. The number of carbonyl (C=O) groups is 2. The number of hydrogen-bond acceptors (Lipinski definition) is 4. The number of rotatable bonds is 5. The highest BCUT2D eigenvalue weighted by Crippen LogP contribution is 2.08. The molecule has 20 heavy (non-hydrogen) atoms. The fourth-order valence-electron chi connectivity index (χ4n) is 2.24. The van der Waals surface area contributed by atoms with Crippen LogP contribution in [0.4, 0.5) is 0 Å². The maximum absolute atomic E-state index is 11.8. The maximum atomic E-state index is 11.8. The molecule has 1 aromatic rings. The Hall–Kier alpha value is -1.72. The third-order valence-corrected chi connectivity index (χ3v) is 3.47. The SMILES string of the molecule is O=C(CN1CCC(O)CC1)NCC(=O)c1ccccc1. The number of piperidine rings is 1. The summed E-state index contributed by atoms with van der Waals surface area (Å²) in [4.78, 5) is 25.6. The first kappa shape index (κ1) is 14.7. The maximum Gasteiger partial charge on any atom is 0.234 e. The molecule has 0 spiro atoms. The normalized spacial score (nSPS) is 16.9. The number of hydrogen-bond donors (Lipinski definition) is 2. The Morgan fingerprint density at radius 2 is 1.85 bits per heavy atom. The quantitative estimate of drug-likeness (QED) is 0.766. The van der Waals surface area contributed by atoms with Crippen LogP contribution in [0.1, 0.15) is 23.2 Å². The van der Waals surface area contributed by atoms with Crippen molar-refractivity contribution in [2.75, 3.05) is 26.2 Å². The molecule has 1 heterocycles. The van der Waals surface area contributed by atoms with Gasteiger partial charge in [-0.25, -0.2) is 0 Å². The molecule has 1 aliphatic rings. The van der Waals surface area contributed by atoms with Crippen LogP contribution in [-0.2, 0) is 4.79 Å². The van der Waals surface area contributed by atoms with Crippen molar-refractivity contribution in [1.82, 2.24) is 10.2 Å². The van der Waals surface area contributed by atoms with Gasteiger partial charge in [0.25, 0.3) is 0 Å². The largest absolute Gasteiger partial charge is 0.393 e. The monoisotopic (exact) mass is 276 g/mol. The van der Waals surface area contributed by atoms with E-state index in [9.17, 15) is 14.7 Å². The summed E-state index contributed by atoms with van der Waals surface area (Å²) in [5.74, 6) is -0.237. The minimum Gasteiger partial charge on any atom is -0.393 e. The van der Waals surface area contributed by atoms with Crippen LogP contribution in [-0.4, -0.2) is 54.0 Å². The standard InChI is InChI=1S/C15H20N2O3/c18-13-6-8-17(9-7-13)11-15(20)16-10-14(19)12-4-2-1-3-5-12/h1-5,13,18H,6-11H2,(H,16,20). The first-order valence-corrected chi connectivity index (χ1v) is 6.90. The van der Waals surface area contributed by atoms with E-state index in [-0.39, 0.29) is 30.9 Å². The highest BCUT2D eigenvalue weighted by molar-refractivity contribution is 5.99. The van der Waals surface area contributed by atoms with Gasteiger partial charge in [0.15, 0.2) is 5.78 Å². The van der Waals surface area contributed by atoms with E-state index in [1.807, 2.05) is 11.0 Å². The molecule has 0 bridgehead atoms. The number of nitrogens with zero attached hydrogens (tertiary/aromatic N) is 1. The second kappa shape index (κ2) is 7.17. The van der Waals surface area contributed by atoms with Crippen molar-refractivity contribution in [3.63, 3.8) is 0 Å². The minimum atomic E-state index is -0.242. The molecule has 1 aromatic carbocycles. The van der Waals surface area contributed by atoms with E-state index in [0.717, 1.165) is 13.1 Å². The smallest absolute Gasteiger partial charge is 0.234 e. The average Bonchev–Trinajstić information content (AvgIpc) is 2.48. The topological polar surface area (TPSA) is 69.6 Å². The first-order valence-electron chi connectivity index (χ1n) is 6.90. The predicted octanol–water partition coefficient (Wildman–Crippen LogP) is 0.442. The zero-order valence-electron chi connectivity index (χ0n) is 11.4. The molecular formula is C15H20N2O3. The third kappa shape index (κ3) is 4.43. The fraction of sp³-hybridized carbons (Fsp3) is 0.467. The lowest BCUT2D eigenvalue weighted by atomic mass is 10.1. The minimum absolute atomic E-state index is 0.0271. The summed E-state index contributed by atoms with van der Waals surface area (Å²) in [5.41, 5.74) is 0.605. The Kier molecular flexibility index (Phi) is 5.26. The molecular weight excluding hydrogens is 256 g/mol. The van der Waals surface area contributed by atoms with E-state index in [2.05, 4.69) is 5.32 Å². The van der Waals surface area contributed by atoms with Crippen molar-refractivity contribution in [2.45, 2.75) is 18.9 Å².